The predicted molar refractivity (Wildman–Crippen MR) is 86.5 cm³/mol. The zero-order valence-corrected chi connectivity index (χ0v) is 14.2. The van der Waals surface area contributed by atoms with Gasteiger partial charge in [-0.05, 0) is 44.4 Å². The number of carbonyl (C=O) groups is 2. The fourth-order valence-corrected chi connectivity index (χ4v) is 2.29. The van der Waals surface area contributed by atoms with E-state index in [0.717, 1.165) is 0 Å². The van der Waals surface area contributed by atoms with Gasteiger partial charge in [-0.1, -0.05) is 31.5 Å². The molecule has 0 aliphatic rings. The molecule has 122 valence electrons. The lowest BCUT2D eigenvalue weighted by atomic mass is 9.88. The first-order chi connectivity index (χ1) is 10.0. The van der Waals surface area contributed by atoms with Gasteiger partial charge in [0.25, 0.3) is 0 Å². The van der Waals surface area contributed by atoms with Crippen LogP contribution in [0.15, 0.2) is 18.2 Å². The summed E-state index contributed by atoms with van der Waals surface area (Å²) >= 11 is 6.13. The first-order valence-corrected chi connectivity index (χ1v) is 7.41. The molecule has 1 atom stereocenters. The molecule has 6 heteroatoms. The number of carbonyl (C=O) groups excluding carboxylic acids is 1. The number of aliphatic carboxylic acids is 1. The van der Waals surface area contributed by atoms with Crippen molar-refractivity contribution in [2.75, 3.05) is 5.32 Å². The van der Waals surface area contributed by atoms with Crippen LogP contribution in [0.3, 0.4) is 0 Å². The summed E-state index contributed by atoms with van der Waals surface area (Å²) in [4.78, 5) is 23.1. The molecule has 0 fully saturated rings. The molecule has 2 N–H and O–H groups in total. The van der Waals surface area contributed by atoms with E-state index in [2.05, 4.69) is 5.32 Å². The van der Waals surface area contributed by atoms with E-state index in [1.54, 1.807) is 39.0 Å². The maximum absolute atomic E-state index is 11.7. The standard InChI is InChI=1S/C16H22ClNO4/c1-9(2)13(14(19)20)10-6-7-12(11(17)8-10)18-15(21)22-16(3,4)5/h6-9,13H,1-5H3,(H,18,21)(H,19,20). The zero-order chi connectivity index (χ0) is 17.1. The second-order valence-corrected chi connectivity index (χ2v) is 6.83. The molecule has 0 saturated carbocycles. The summed E-state index contributed by atoms with van der Waals surface area (Å²) < 4.78 is 5.15. The predicted octanol–water partition coefficient (Wildman–Crippen LogP) is 4.51. The van der Waals surface area contributed by atoms with Crippen LogP contribution in [0.4, 0.5) is 10.5 Å². The van der Waals surface area contributed by atoms with Gasteiger partial charge in [0.15, 0.2) is 0 Å². The molecule has 0 bridgehead atoms. The highest BCUT2D eigenvalue weighted by Gasteiger charge is 2.24. The van der Waals surface area contributed by atoms with E-state index < -0.39 is 23.6 Å². The summed E-state index contributed by atoms with van der Waals surface area (Å²) in [6, 6.07) is 4.80. The second-order valence-electron chi connectivity index (χ2n) is 6.43. The van der Waals surface area contributed by atoms with Gasteiger partial charge in [-0.15, -0.1) is 0 Å². The van der Waals surface area contributed by atoms with Gasteiger partial charge in [0, 0.05) is 0 Å². The first-order valence-electron chi connectivity index (χ1n) is 7.03. The molecular formula is C16H22ClNO4. The highest BCUT2D eigenvalue weighted by molar-refractivity contribution is 6.33. The Hall–Kier alpha value is -1.75. The van der Waals surface area contributed by atoms with Crippen molar-refractivity contribution in [3.8, 4) is 0 Å². The largest absolute Gasteiger partial charge is 0.481 e. The van der Waals surface area contributed by atoms with E-state index >= 15 is 0 Å². The highest BCUT2D eigenvalue weighted by atomic mass is 35.5. The van der Waals surface area contributed by atoms with Crippen LogP contribution in [0.1, 0.15) is 46.1 Å². The number of anilines is 1. The van der Waals surface area contributed by atoms with Gasteiger partial charge in [-0.2, -0.15) is 0 Å². The fourth-order valence-electron chi connectivity index (χ4n) is 2.05. The summed E-state index contributed by atoms with van der Waals surface area (Å²) in [5.41, 5.74) is 0.373. The Morgan fingerprint density at radius 2 is 1.86 bits per heavy atom. The SMILES string of the molecule is CC(C)C(C(=O)O)c1ccc(NC(=O)OC(C)(C)C)c(Cl)c1. The minimum atomic E-state index is -0.904. The van der Waals surface area contributed by atoms with Crippen LogP contribution in [0.5, 0.6) is 0 Å². The second kappa shape index (κ2) is 7.01. The Morgan fingerprint density at radius 3 is 2.27 bits per heavy atom. The number of hydrogen-bond acceptors (Lipinski definition) is 3. The molecule has 0 heterocycles. The number of nitrogens with one attached hydrogen (secondary N) is 1. The van der Waals surface area contributed by atoms with Crippen molar-refractivity contribution in [3.63, 3.8) is 0 Å². The van der Waals surface area contributed by atoms with Gasteiger partial charge in [0.1, 0.15) is 5.60 Å². The molecule has 0 saturated heterocycles. The highest BCUT2D eigenvalue weighted by Crippen LogP contribution is 2.31. The molecule has 1 unspecified atom stereocenters. The molecule has 5 nitrogen and oxygen atoms in total. The number of hydrogen-bond donors (Lipinski definition) is 2. The molecule has 0 spiro atoms. The number of amides is 1. The fraction of sp³-hybridized carbons (Fsp3) is 0.500. The monoisotopic (exact) mass is 327 g/mol. The molecule has 1 aromatic rings. The summed E-state index contributed by atoms with van der Waals surface area (Å²) in [7, 11) is 0. The van der Waals surface area contributed by atoms with Gasteiger partial charge < -0.3 is 9.84 Å². The van der Waals surface area contributed by atoms with Gasteiger partial charge in [0.05, 0.1) is 16.6 Å². The van der Waals surface area contributed by atoms with Crippen LogP contribution in [0.2, 0.25) is 5.02 Å². The topological polar surface area (TPSA) is 75.6 Å². The molecule has 1 amide bonds. The van der Waals surface area contributed by atoms with Gasteiger partial charge in [-0.25, -0.2) is 4.79 Å². The summed E-state index contributed by atoms with van der Waals surface area (Å²) in [6.07, 6.45) is -0.610. The van der Waals surface area contributed by atoms with Crippen LogP contribution < -0.4 is 5.32 Å². The molecular weight excluding hydrogens is 306 g/mol. The quantitative estimate of drug-likeness (QED) is 0.853. The number of rotatable bonds is 4. The van der Waals surface area contributed by atoms with Gasteiger partial charge >= 0.3 is 12.1 Å². The Labute approximate surface area is 135 Å². The average Bonchev–Trinajstić information content (AvgIpc) is 2.29. The Balaban J connectivity index is 2.95. The van der Waals surface area contributed by atoms with E-state index in [4.69, 9.17) is 16.3 Å². The van der Waals surface area contributed by atoms with E-state index in [1.807, 2.05) is 13.8 Å². The maximum Gasteiger partial charge on any atom is 0.412 e. The third-order valence-electron chi connectivity index (χ3n) is 2.92. The van der Waals surface area contributed by atoms with Crippen LogP contribution in [-0.2, 0) is 9.53 Å². The number of ether oxygens (including phenoxy) is 1. The van der Waals surface area contributed by atoms with E-state index in [9.17, 15) is 14.7 Å². The van der Waals surface area contributed by atoms with E-state index in [-0.39, 0.29) is 10.9 Å². The molecule has 0 radical (unpaired) electrons. The smallest absolute Gasteiger partial charge is 0.412 e. The van der Waals surface area contributed by atoms with E-state index in [1.165, 1.54) is 0 Å². The lowest BCUT2D eigenvalue weighted by Crippen LogP contribution is -2.27. The summed E-state index contributed by atoms with van der Waals surface area (Å²) in [5, 5.41) is 12.1. The molecule has 22 heavy (non-hydrogen) atoms. The van der Waals surface area contributed by atoms with Crippen LogP contribution in [0.25, 0.3) is 0 Å². The Morgan fingerprint density at radius 1 is 1.27 bits per heavy atom. The minimum Gasteiger partial charge on any atom is -0.481 e. The maximum atomic E-state index is 11.7. The van der Waals surface area contributed by atoms with Crippen molar-refractivity contribution in [3.05, 3.63) is 28.8 Å². The first kappa shape index (κ1) is 18.3. The molecule has 0 aliphatic heterocycles. The van der Waals surface area contributed by atoms with Crippen molar-refractivity contribution in [2.45, 2.75) is 46.1 Å². The third kappa shape index (κ3) is 5.22. The number of carboxylic acid groups (broad SMARTS) is 1. The van der Waals surface area contributed by atoms with Crippen molar-refractivity contribution in [2.24, 2.45) is 5.92 Å². The number of halogens is 1. The molecule has 0 aliphatic carbocycles. The minimum absolute atomic E-state index is 0.0711. The van der Waals surface area contributed by atoms with Crippen LogP contribution >= 0.6 is 11.6 Å². The summed E-state index contributed by atoms with van der Waals surface area (Å²) in [6.45, 7) is 8.95. The van der Waals surface area contributed by atoms with Gasteiger partial charge in [-0.3, -0.25) is 10.1 Å². The lowest BCUT2D eigenvalue weighted by molar-refractivity contribution is -0.139. The molecule has 1 aromatic carbocycles. The van der Waals surface area contributed by atoms with Crippen molar-refractivity contribution in [1.29, 1.82) is 0 Å². The van der Waals surface area contributed by atoms with Crippen molar-refractivity contribution < 1.29 is 19.4 Å². The van der Waals surface area contributed by atoms with E-state index in [0.29, 0.717) is 11.3 Å². The van der Waals surface area contributed by atoms with Crippen LogP contribution in [-0.4, -0.2) is 22.8 Å². The normalized spacial score (nSPS) is 12.9. The molecule has 0 aromatic heterocycles. The van der Waals surface area contributed by atoms with Crippen molar-refractivity contribution >= 4 is 29.4 Å². The Kier molecular flexibility index (Phi) is 5.83. The lowest BCUT2D eigenvalue weighted by Gasteiger charge is -2.21. The average molecular weight is 328 g/mol. The molecule has 1 rings (SSSR count). The number of carboxylic acids is 1. The van der Waals surface area contributed by atoms with Gasteiger partial charge in [0.2, 0.25) is 0 Å². The third-order valence-corrected chi connectivity index (χ3v) is 3.23. The zero-order valence-electron chi connectivity index (χ0n) is 13.4. The Bertz CT molecular complexity index is 564. The number of benzene rings is 1. The van der Waals surface area contributed by atoms with Crippen molar-refractivity contribution in [1.82, 2.24) is 0 Å². The van der Waals surface area contributed by atoms with Crippen LogP contribution in [0, 0.1) is 5.92 Å². The summed E-state index contributed by atoms with van der Waals surface area (Å²) in [5.74, 6) is -1.62.